The molecule has 0 unspecified atom stereocenters. The zero-order valence-electron chi connectivity index (χ0n) is 17.9. The maximum absolute atomic E-state index is 4.27. The van der Waals surface area contributed by atoms with E-state index >= 15 is 0 Å². The molecule has 0 N–H and O–H groups in total. The molecule has 0 saturated heterocycles. The van der Waals surface area contributed by atoms with E-state index in [0.717, 1.165) is 22.5 Å². The molecule has 0 aliphatic carbocycles. The van der Waals surface area contributed by atoms with Gasteiger partial charge in [-0.1, -0.05) is 96.2 Å². The fourth-order valence-corrected chi connectivity index (χ4v) is 1.24. The highest BCUT2D eigenvalue weighted by Crippen LogP contribution is 2.14. The molecule has 0 amide bonds. The van der Waals surface area contributed by atoms with Crippen LogP contribution in [-0.4, -0.2) is 9.97 Å². The van der Waals surface area contributed by atoms with Gasteiger partial charge in [0.05, 0.1) is 0 Å². The number of nitrogens with zero attached hydrogens (tertiary/aromatic N) is 2. The summed E-state index contributed by atoms with van der Waals surface area (Å²) in [6.45, 7) is 25.0. The van der Waals surface area contributed by atoms with Crippen molar-refractivity contribution in [2.75, 3.05) is 0 Å². The summed E-state index contributed by atoms with van der Waals surface area (Å²) in [5.41, 5.74) is 4.42. The predicted octanol–water partition coefficient (Wildman–Crippen LogP) is 7.59. The minimum Gasteiger partial charge on any atom is -0.236 e. The van der Waals surface area contributed by atoms with E-state index in [4.69, 9.17) is 0 Å². The monoisotopic (exact) mass is 342 g/mol. The second kappa shape index (κ2) is 19.8. The maximum Gasteiger partial charge on any atom is 0.159 e. The molecular formula is C23H38N2. The second-order valence-electron chi connectivity index (χ2n) is 4.50. The van der Waals surface area contributed by atoms with Crippen molar-refractivity contribution in [3.8, 4) is 11.4 Å². The van der Waals surface area contributed by atoms with Gasteiger partial charge in [0.1, 0.15) is 0 Å². The summed E-state index contributed by atoms with van der Waals surface area (Å²) in [6.07, 6.45) is 5.39. The van der Waals surface area contributed by atoms with Gasteiger partial charge in [-0.3, -0.25) is 0 Å². The van der Waals surface area contributed by atoms with Crippen molar-refractivity contribution in [2.45, 2.75) is 62.3 Å². The summed E-state index contributed by atoms with van der Waals surface area (Å²) in [5.74, 6) is 0.788. The highest BCUT2D eigenvalue weighted by Gasteiger charge is 1.98. The molecule has 0 bridgehead atoms. The molecule has 0 radical (unpaired) electrons. The Morgan fingerprint density at radius 3 is 1.48 bits per heavy atom. The van der Waals surface area contributed by atoms with E-state index in [1.54, 1.807) is 6.08 Å². The molecule has 1 aromatic carbocycles. The van der Waals surface area contributed by atoms with Gasteiger partial charge in [0, 0.05) is 18.0 Å². The van der Waals surface area contributed by atoms with Crippen LogP contribution in [0.4, 0.5) is 0 Å². The Morgan fingerprint density at radius 1 is 0.800 bits per heavy atom. The third-order valence-electron chi connectivity index (χ3n) is 2.44. The Hall–Kier alpha value is -2.22. The molecule has 1 aromatic heterocycles. The Morgan fingerprint density at radius 2 is 1.16 bits per heavy atom. The van der Waals surface area contributed by atoms with Crippen molar-refractivity contribution in [2.24, 2.45) is 0 Å². The predicted molar refractivity (Wildman–Crippen MR) is 116 cm³/mol. The van der Waals surface area contributed by atoms with Crippen LogP contribution in [-0.2, 0) is 0 Å². The summed E-state index contributed by atoms with van der Waals surface area (Å²) in [4.78, 5) is 8.53. The molecule has 0 spiro atoms. The molecule has 2 aromatic rings. The van der Waals surface area contributed by atoms with E-state index in [2.05, 4.69) is 42.2 Å². The first kappa shape index (κ1) is 27.6. The van der Waals surface area contributed by atoms with E-state index in [0.29, 0.717) is 0 Å². The third kappa shape index (κ3) is 15.1. The highest BCUT2D eigenvalue weighted by atomic mass is 14.9. The molecule has 0 aliphatic rings. The number of rotatable bonds is 2. The lowest BCUT2D eigenvalue weighted by molar-refractivity contribution is 1.14. The lowest BCUT2D eigenvalue weighted by atomic mass is 10.1. The topological polar surface area (TPSA) is 25.8 Å². The lowest BCUT2D eigenvalue weighted by Gasteiger charge is -2.00. The second-order valence-corrected chi connectivity index (χ2v) is 4.50. The van der Waals surface area contributed by atoms with Crippen LogP contribution in [0.3, 0.4) is 0 Å². The number of aromatic nitrogens is 2. The van der Waals surface area contributed by atoms with Crippen molar-refractivity contribution in [3.05, 3.63) is 72.6 Å². The molecule has 0 saturated carbocycles. The molecule has 2 rings (SSSR count). The summed E-state index contributed by atoms with van der Waals surface area (Å²) < 4.78 is 0. The van der Waals surface area contributed by atoms with Crippen molar-refractivity contribution in [1.82, 2.24) is 9.97 Å². The first-order valence-corrected chi connectivity index (χ1v) is 9.16. The normalized spacial score (nSPS) is 7.72. The molecular weight excluding hydrogens is 304 g/mol. The minimum atomic E-state index is 0.788. The van der Waals surface area contributed by atoms with Gasteiger partial charge in [0.15, 0.2) is 5.82 Å². The van der Waals surface area contributed by atoms with Gasteiger partial charge in [-0.05, 0) is 26.3 Å². The molecule has 25 heavy (non-hydrogen) atoms. The van der Waals surface area contributed by atoms with Crippen LogP contribution in [0.1, 0.15) is 59.6 Å². The number of benzene rings is 1. The number of allylic oxidation sites excluding steroid dienone is 2. The Bertz CT molecular complexity index is 494. The standard InChI is InChI=1S/C12H12N2.C5H8.3C2H6/c1-9-3-5-11(6-4-9)12-13-7-10(2)8-14-12;1-4-5(2)3;3*1-2/h3-8H,1-2H3;4H,1-2H2,3H3;3*1-2H3. The fraction of sp³-hybridized carbons (Fsp3) is 0.391. The first-order valence-electron chi connectivity index (χ1n) is 9.16. The Balaban J connectivity index is -0.000000373. The molecule has 140 valence electrons. The fourth-order valence-electron chi connectivity index (χ4n) is 1.24. The summed E-state index contributed by atoms with van der Waals surface area (Å²) in [7, 11) is 0. The van der Waals surface area contributed by atoms with E-state index in [9.17, 15) is 0 Å². The van der Waals surface area contributed by atoms with Gasteiger partial charge in [0.25, 0.3) is 0 Å². The van der Waals surface area contributed by atoms with Crippen LogP contribution in [0.5, 0.6) is 0 Å². The van der Waals surface area contributed by atoms with E-state index < -0.39 is 0 Å². The Kier molecular flexibility index (Phi) is 21.9. The quantitative estimate of drug-likeness (QED) is 0.525. The van der Waals surface area contributed by atoms with E-state index in [-0.39, 0.29) is 0 Å². The average molecular weight is 343 g/mol. The van der Waals surface area contributed by atoms with Crippen molar-refractivity contribution in [3.63, 3.8) is 0 Å². The number of hydrogen-bond donors (Lipinski definition) is 0. The molecule has 0 atom stereocenters. The van der Waals surface area contributed by atoms with Crippen LogP contribution in [0.25, 0.3) is 11.4 Å². The molecule has 1 heterocycles. The van der Waals surface area contributed by atoms with E-state index in [1.807, 2.05) is 79.9 Å². The lowest BCUT2D eigenvalue weighted by Crippen LogP contribution is -1.88. The van der Waals surface area contributed by atoms with Crippen LogP contribution in [0.2, 0.25) is 0 Å². The Labute approximate surface area is 156 Å². The van der Waals surface area contributed by atoms with Crippen molar-refractivity contribution in [1.29, 1.82) is 0 Å². The van der Waals surface area contributed by atoms with Gasteiger partial charge in [-0.15, -0.1) is 0 Å². The zero-order valence-corrected chi connectivity index (χ0v) is 17.9. The largest absolute Gasteiger partial charge is 0.236 e. The molecule has 2 nitrogen and oxygen atoms in total. The SMILES string of the molecule is C=CC(=C)C.CC.CC.CC.Cc1ccc(-c2ncc(C)cn2)cc1. The van der Waals surface area contributed by atoms with Crippen molar-refractivity contribution >= 4 is 0 Å². The highest BCUT2D eigenvalue weighted by molar-refractivity contribution is 5.54. The van der Waals surface area contributed by atoms with Gasteiger partial charge < -0.3 is 0 Å². The molecule has 0 aliphatic heterocycles. The minimum absolute atomic E-state index is 0.788. The average Bonchev–Trinajstić information content (AvgIpc) is 2.68. The van der Waals surface area contributed by atoms with Crippen LogP contribution in [0.15, 0.2) is 61.5 Å². The van der Waals surface area contributed by atoms with Gasteiger partial charge >= 0.3 is 0 Å². The van der Waals surface area contributed by atoms with Gasteiger partial charge in [-0.25, -0.2) is 9.97 Å². The molecule has 0 fully saturated rings. The maximum atomic E-state index is 4.27. The molecule has 2 heteroatoms. The smallest absolute Gasteiger partial charge is 0.159 e. The number of aryl methyl sites for hydroxylation is 2. The van der Waals surface area contributed by atoms with Crippen LogP contribution < -0.4 is 0 Å². The summed E-state index contributed by atoms with van der Waals surface area (Å²) >= 11 is 0. The van der Waals surface area contributed by atoms with E-state index in [1.165, 1.54) is 5.56 Å². The zero-order chi connectivity index (χ0) is 20.3. The van der Waals surface area contributed by atoms with Gasteiger partial charge in [-0.2, -0.15) is 0 Å². The first-order chi connectivity index (χ1) is 12.0. The summed E-state index contributed by atoms with van der Waals surface area (Å²) in [6, 6.07) is 8.22. The van der Waals surface area contributed by atoms with Crippen LogP contribution >= 0.6 is 0 Å². The van der Waals surface area contributed by atoms with Gasteiger partial charge in [0.2, 0.25) is 0 Å². The number of hydrogen-bond acceptors (Lipinski definition) is 2. The van der Waals surface area contributed by atoms with Crippen molar-refractivity contribution < 1.29 is 0 Å². The summed E-state index contributed by atoms with van der Waals surface area (Å²) in [5, 5.41) is 0. The van der Waals surface area contributed by atoms with Crippen LogP contribution in [0, 0.1) is 13.8 Å². The third-order valence-corrected chi connectivity index (χ3v) is 2.44.